The first-order valence-electron chi connectivity index (χ1n) is 39.2. The van der Waals surface area contributed by atoms with Crippen LogP contribution in [-0.4, -0.2) is 96.7 Å². The predicted molar refractivity (Wildman–Crippen MR) is 400 cm³/mol. The average molecular weight is 1430 g/mol. The van der Waals surface area contributed by atoms with Crippen molar-refractivity contribution in [1.29, 1.82) is 0 Å². The van der Waals surface area contributed by atoms with Gasteiger partial charge >= 0.3 is 39.5 Å². The van der Waals surface area contributed by atoms with Crippen LogP contribution in [-0.2, 0) is 65.4 Å². The number of carbonyl (C=O) groups is 4. The highest BCUT2D eigenvalue weighted by molar-refractivity contribution is 7.47. The highest BCUT2D eigenvalue weighted by atomic mass is 31.2. The van der Waals surface area contributed by atoms with Gasteiger partial charge in [0.05, 0.1) is 26.4 Å². The molecule has 0 bridgehead atoms. The molecule has 19 heteroatoms. The van der Waals surface area contributed by atoms with E-state index in [9.17, 15) is 43.2 Å². The second kappa shape index (κ2) is 71.9. The van der Waals surface area contributed by atoms with Crippen LogP contribution < -0.4 is 0 Å². The second-order valence-corrected chi connectivity index (χ2v) is 29.2. The van der Waals surface area contributed by atoms with Gasteiger partial charge in [0.25, 0.3) is 0 Å². The van der Waals surface area contributed by atoms with E-state index in [1.165, 1.54) is 103 Å². The van der Waals surface area contributed by atoms with Gasteiger partial charge in [-0.1, -0.05) is 306 Å². The van der Waals surface area contributed by atoms with Crippen LogP contribution in [0.25, 0.3) is 0 Å². The van der Waals surface area contributed by atoms with Gasteiger partial charge in [-0.25, -0.2) is 9.13 Å². The van der Waals surface area contributed by atoms with Crippen molar-refractivity contribution < 1.29 is 80.2 Å². The second-order valence-electron chi connectivity index (χ2n) is 26.3. The Hall–Kier alpha value is -3.50. The van der Waals surface area contributed by atoms with Gasteiger partial charge in [0, 0.05) is 25.7 Å². The minimum Gasteiger partial charge on any atom is -0.462 e. The normalized spacial score (nSPS) is 14.3. The van der Waals surface area contributed by atoms with E-state index in [0.717, 1.165) is 167 Å². The maximum absolute atomic E-state index is 13.1. The number of aliphatic hydroxyl groups is 1. The largest absolute Gasteiger partial charge is 0.472 e. The maximum atomic E-state index is 13.1. The zero-order valence-electron chi connectivity index (χ0n) is 62.2. The summed E-state index contributed by atoms with van der Waals surface area (Å²) in [6.45, 7) is 4.72. The first kappa shape index (κ1) is 94.5. The number of hydrogen-bond acceptors (Lipinski definition) is 15. The van der Waals surface area contributed by atoms with Crippen LogP contribution >= 0.6 is 15.6 Å². The number of allylic oxidation sites excluding steroid dienone is 12. The number of rotatable bonds is 74. The van der Waals surface area contributed by atoms with Gasteiger partial charge in [-0.3, -0.25) is 37.3 Å². The molecule has 0 aliphatic carbocycles. The molecule has 0 fully saturated rings. The van der Waals surface area contributed by atoms with E-state index in [-0.39, 0.29) is 25.7 Å². The number of aliphatic hydroxyl groups excluding tert-OH is 1. The molecular formula is C79H142O17P2. The van der Waals surface area contributed by atoms with Crippen molar-refractivity contribution in [3.63, 3.8) is 0 Å². The van der Waals surface area contributed by atoms with Gasteiger partial charge in [-0.05, 0) is 89.9 Å². The Labute approximate surface area is 596 Å². The van der Waals surface area contributed by atoms with Crippen molar-refractivity contribution in [3.05, 3.63) is 72.9 Å². The van der Waals surface area contributed by atoms with Gasteiger partial charge in [-0.2, -0.15) is 0 Å². The van der Waals surface area contributed by atoms with Crippen molar-refractivity contribution in [1.82, 2.24) is 0 Å². The molecule has 0 aliphatic rings. The SMILES string of the molecule is CC/C=C\C/C=C\C/C=C\C/C=C\CCCCCCCCC(=O)OCC(COP(=O)(O)OCC(O)COP(=O)(O)OCC(COC(=O)CCCCCCC/C=C\C/C=C\CCC)OC(=O)CCCCCCCCCCCCCCC)OC(=O)CCCCCCCCCCCCCCC. The van der Waals surface area contributed by atoms with Crippen LogP contribution in [0, 0.1) is 0 Å². The zero-order valence-corrected chi connectivity index (χ0v) is 64.0. The molecule has 5 atom stereocenters. The Morgan fingerprint density at radius 3 is 0.857 bits per heavy atom. The van der Waals surface area contributed by atoms with Gasteiger partial charge in [0.1, 0.15) is 19.3 Å². The lowest BCUT2D eigenvalue weighted by Gasteiger charge is -2.21. The topological polar surface area (TPSA) is 237 Å². The Bertz CT molecular complexity index is 2140. The smallest absolute Gasteiger partial charge is 0.462 e. The molecule has 98 heavy (non-hydrogen) atoms. The number of ether oxygens (including phenoxy) is 4. The Morgan fingerprint density at radius 1 is 0.296 bits per heavy atom. The van der Waals surface area contributed by atoms with Crippen LogP contribution in [0.4, 0.5) is 0 Å². The van der Waals surface area contributed by atoms with Gasteiger partial charge in [-0.15, -0.1) is 0 Å². The number of phosphoric ester groups is 2. The van der Waals surface area contributed by atoms with Crippen LogP contribution in [0.5, 0.6) is 0 Å². The molecule has 0 heterocycles. The van der Waals surface area contributed by atoms with Crippen molar-refractivity contribution in [2.45, 2.75) is 367 Å². The highest BCUT2D eigenvalue weighted by Crippen LogP contribution is 2.45. The maximum Gasteiger partial charge on any atom is 0.472 e. The van der Waals surface area contributed by atoms with Crippen molar-refractivity contribution in [2.75, 3.05) is 39.6 Å². The summed E-state index contributed by atoms with van der Waals surface area (Å²) in [6.07, 6.45) is 71.7. The van der Waals surface area contributed by atoms with Crippen molar-refractivity contribution in [2.24, 2.45) is 0 Å². The summed E-state index contributed by atoms with van der Waals surface area (Å²) in [5.74, 6) is -2.17. The Morgan fingerprint density at radius 2 is 0.551 bits per heavy atom. The van der Waals surface area contributed by atoms with E-state index in [1.807, 2.05) is 0 Å². The summed E-state index contributed by atoms with van der Waals surface area (Å²) < 4.78 is 68.5. The summed E-state index contributed by atoms with van der Waals surface area (Å²) in [6, 6.07) is 0. The first-order valence-corrected chi connectivity index (χ1v) is 42.2. The molecule has 0 aromatic carbocycles. The summed E-state index contributed by atoms with van der Waals surface area (Å²) in [4.78, 5) is 72.9. The summed E-state index contributed by atoms with van der Waals surface area (Å²) in [5, 5.41) is 10.6. The predicted octanol–water partition coefficient (Wildman–Crippen LogP) is 22.4. The van der Waals surface area contributed by atoms with Crippen molar-refractivity contribution in [3.8, 4) is 0 Å². The molecule has 0 aliphatic heterocycles. The molecule has 3 N–H and O–H groups in total. The van der Waals surface area contributed by atoms with Gasteiger partial charge < -0.3 is 33.8 Å². The Kier molecular flexibility index (Phi) is 69.3. The van der Waals surface area contributed by atoms with E-state index in [4.69, 9.17) is 37.0 Å². The minimum atomic E-state index is -4.97. The van der Waals surface area contributed by atoms with Gasteiger partial charge in [0.15, 0.2) is 12.2 Å². The van der Waals surface area contributed by atoms with Crippen LogP contribution in [0.1, 0.15) is 349 Å². The van der Waals surface area contributed by atoms with Crippen LogP contribution in [0.2, 0.25) is 0 Å². The van der Waals surface area contributed by atoms with Gasteiger partial charge in [0.2, 0.25) is 0 Å². The lowest BCUT2D eigenvalue weighted by atomic mass is 10.0. The molecule has 0 radical (unpaired) electrons. The lowest BCUT2D eigenvalue weighted by molar-refractivity contribution is -0.161. The number of carbonyl (C=O) groups excluding carboxylic acids is 4. The fraction of sp³-hybridized carbons (Fsp3) is 0.797. The number of esters is 4. The summed E-state index contributed by atoms with van der Waals surface area (Å²) in [5.41, 5.74) is 0. The number of hydrogen-bond donors (Lipinski definition) is 3. The molecule has 0 aromatic heterocycles. The summed E-state index contributed by atoms with van der Waals surface area (Å²) in [7, 11) is -9.94. The monoisotopic (exact) mass is 1420 g/mol. The molecule has 0 saturated heterocycles. The first-order chi connectivity index (χ1) is 47.7. The van der Waals surface area contributed by atoms with E-state index in [2.05, 4.69) is 101 Å². The highest BCUT2D eigenvalue weighted by Gasteiger charge is 2.30. The number of unbranched alkanes of at least 4 members (excludes halogenated alkanes) is 36. The average Bonchev–Trinajstić information content (AvgIpc) is 0.966. The van der Waals surface area contributed by atoms with E-state index in [0.29, 0.717) is 25.7 Å². The van der Waals surface area contributed by atoms with E-state index < -0.39 is 97.5 Å². The Balaban J connectivity index is 5.31. The minimum absolute atomic E-state index is 0.0967. The third kappa shape index (κ3) is 70.9. The molecule has 0 amide bonds. The van der Waals surface area contributed by atoms with E-state index >= 15 is 0 Å². The third-order valence-corrected chi connectivity index (χ3v) is 18.6. The molecule has 570 valence electrons. The molecular weight excluding hydrogens is 1280 g/mol. The fourth-order valence-corrected chi connectivity index (χ4v) is 12.3. The molecule has 0 saturated carbocycles. The van der Waals surface area contributed by atoms with Crippen LogP contribution in [0.15, 0.2) is 72.9 Å². The molecule has 0 spiro atoms. The molecule has 0 rings (SSSR count). The number of phosphoric acid groups is 2. The quantitative estimate of drug-likeness (QED) is 0.0169. The zero-order chi connectivity index (χ0) is 71.8. The fourth-order valence-electron chi connectivity index (χ4n) is 10.7. The molecule has 0 aromatic rings. The standard InChI is InChI=1S/C79H142O17P2/c1-5-9-13-17-21-25-29-33-34-35-36-37-38-42-44-48-52-56-60-64-77(82)90-70-75(96-79(84)66-62-58-54-50-46-41-32-28-24-20-16-12-8-4)72-94-98(87,88)92-68-73(80)67-91-97(85,86)93-71-74(95-78(83)65-61-57-53-49-45-40-31-27-23-19-15-11-7-3)69-89-76(81)63-59-55-51-47-43-39-30-26-22-18-14-10-6-2/h9,13-14,18,21,25-26,30,33-34,36-37,73-75,80H,5-8,10-12,15-17,19-20,22-24,27-29,31-32,35,38-72H2,1-4H3,(H,85,86)(H,87,88)/b13-9-,18-14-,25-21-,30-26-,34-33-,37-36-. The van der Waals surface area contributed by atoms with Crippen molar-refractivity contribution >= 4 is 39.5 Å². The lowest BCUT2D eigenvalue weighted by Crippen LogP contribution is -2.30. The van der Waals surface area contributed by atoms with E-state index in [1.54, 1.807) is 0 Å². The molecule has 5 unspecified atom stereocenters. The van der Waals surface area contributed by atoms with Crippen LogP contribution in [0.3, 0.4) is 0 Å². The summed E-state index contributed by atoms with van der Waals surface area (Å²) >= 11 is 0. The third-order valence-electron chi connectivity index (χ3n) is 16.7. The molecule has 17 nitrogen and oxygen atoms in total.